The van der Waals surface area contributed by atoms with Crippen LogP contribution in [0, 0.1) is 5.82 Å². The largest absolute Gasteiger partial charge is 0.337 e. The van der Waals surface area contributed by atoms with E-state index >= 15 is 0 Å². The molecule has 1 aliphatic rings. The summed E-state index contributed by atoms with van der Waals surface area (Å²) in [5, 5.41) is 3.83. The summed E-state index contributed by atoms with van der Waals surface area (Å²) in [4.78, 5) is 14.3. The third-order valence-electron chi connectivity index (χ3n) is 4.49. The molecule has 1 fully saturated rings. The Morgan fingerprint density at radius 1 is 1.20 bits per heavy atom. The minimum Gasteiger partial charge on any atom is -0.337 e. The first-order valence-corrected chi connectivity index (χ1v) is 8.48. The molecule has 0 bridgehead atoms. The minimum atomic E-state index is -0.487. The maximum atomic E-state index is 14.5. The molecular weight excluding hydrogens is 362 g/mol. The van der Waals surface area contributed by atoms with Crippen molar-refractivity contribution in [3.05, 3.63) is 58.9 Å². The fraction of sp³-hybridized carbons (Fsp3) is 0.316. The predicted molar refractivity (Wildman–Crippen MR) is 102 cm³/mol. The number of amides is 1. The lowest BCUT2D eigenvalue weighted by molar-refractivity contribution is 0.0693. The zero-order valence-corrected chi connectivity index (χ0v) is 15.5. The SMILES string of the molecule is CNC1CCCN(C(=O)c2ccc(-c3ccc(Cl)cc3)cc2F)C1.Cl. The van der Waals surface area contributed by atoms with Crippen molar-refractivity contribution >= 4 is 29.9 Å². The summed E-state index contributed by atoms with van der Waals surface area (Å²) in [5.41, 5.74) is 1.72. The van der Waals surface area contributed by atoms with Crippen LogP contribution in [0.25, 0.3) is 11.1 Å². The van der Waals surface area contributed by atoms with Gasteiger partial charge in [-0.15, -0.1) is 12.4 Å². The molecule has 25 heavy (non-hydrogen) atoms. The Balaban J connectivity index is 0.00000225. The van der Waals surface area contributed by atoms with E-state index < -0.39 is 5.82 Å². The van der Waals surface area contributed by atoms with Gasteiger partial charge in [0.15, 0.2) is 0 Å². The average Bonchev–Trinajstić information content (AvgIpc) is 2.62. The molecule has 0 aliphatic carbocycles. The van der Waals surface area contributed by atoms with E-state index in [0.29, 0.717) is 18.1 Å². The van der Waals surface area contributed by atoms with E-state index in [2.05, 4.69) is 5.32 Å². The number of piperidine rings is 1. The Labute approximate surface area is 158 Å². The van der Waals surface area contributed by atoms with Crippen LogP contribution in [-0.4, -0.2) is 37.0 Å². The smallest absolute Gasteiger partial charge is 0.256 e. The molecule has 3 nitrogen and oxygen atoms in total. The van der Waals surface area contributed by atoms with Crippen molar-refractivity contribution < 1.29 is 9.18 Å². The number of likely N-dealkylation sites (N-methyl/N-ethyl adjacent to an activating group) is 1. The summed E-state index contributed by atoms with van der Waals surface area (Å²) in [7, 11) is 1.89. The van der Waals surface area contributed by atoms with Crippen molar-refractivity contribution in [1.82, 2.24) is 10.2 Å². The lowest BCUT2D eigenvalue weighted by Crippen LogP contribution is -2.47. The molecule has 3 rings (SSSR count). The molecule has 0 saturated carbocycles. The number of nitrogens with one attached hydrogen (secondary N) is 1. The molecule has 1 aliphatic heterocycles. The number of carbonyl (C=O) groups is 1. The molecule has 134 valence electrons. The van der Waals surface area contributed by atoms with E-state index in [4.69, 9.17) is 11.6 Å². The van der Waals surface area contributed by atoms with Crippen LogP contribution >= 0.6 is 24.0 Å². The Kier molecular flexibility index (Phi) is 6.82. The fourth-order valence-electron chi connectivity index (χ4n) is 3.08. The highest BCUT2D eigenvalue weighted by atomic mass is 35.5. The molecule has 1 atom stereocenters. The first kappa shape index (κ1) is 19.7. The summed E-state index contributed by atoms with van der Waals surface area (Å²) < 4.78 is 14.5. The van der Waals surface area contributed by atoms with Crippen LogP contribution < -0.4 is 5.32 Å². The van der Waals surface area contributed by atoms with Crippen LogP contribution in [0.1, 0.15) is 23.2 Å². The van der Waals surface area contributed by atoms with Gasteiger partial charge in [-0.05, 0) is 55.3 Å². The van der Waals surface area contributed by atoms with E-state index in [1.807, 2.05) is 19.2 Å². The third-order valence-corrected chi connectivity index (χ3v) is 4.75. The van der Waals surface area contributed by atoms with Crippen LogP contribution in [0.4, 0.5) is 4.39 Å². The van der Waals surface area contributed by atoms with Gasteiger partial charge in [0.1, 0.15) is 5.82 Å². The number of nitrogens with zero attached hydrogens (tertiary/aromatic N) is 1. The quantitative estimate of drug-likeness (QED) is 0.853. The van der Waals surface area contributed by atoms with E-state index in [-0.39, 0.29) is 29.9 Å². The molecule has 2 aromatic rings. The highest BCUT2D eigenvalue weighted by Crippen LogP contribution is 2.25. The lowest BCUT2D eigenvalue weighted by atomic mass is 10.0. The summed E-state index contributed by atoms with van der Waals surface area (Å²) in [5.74, 6) is -0.728. The van der Waals surface area contributed by atoms with Crippen molar-refractivity contribution in [3.8, 4) is 11.1 Å². The van der Waals surface area contributed by atoms with Crippen LogP contribution in [0.2, 0.25) is 5.02 Å². The van der Waals surface area contributed by atoms with Crippen molar-refractivity contribution in [2.75, 3.05) is 20.1 Å². The molecule has 2 aromatic carbocycles. The zero-order valence-electron chi connectivity index (χ0n) is 14.0. The Morgan fingerprint density at radius 2 is 1.88 bits per heavy atom. The van der Waals surface area contributed by atoms with Crippen molar-refractivity contribution in [3.63, 3.8) is 0 Å². The van der Waals surface area contributed by atoms with Gasteiger partial charge in [0.25, 0.3) is 5.91 Å². The van der Waals surface area contributed by atoms with Crippen LogP contribution in [0.5, 0.6) is 0 Å². The van der Waals surface area contributed by atoms with Crippen LogP contribution in [-0.2, 0) is 0 Å². The second kappa shape index (κ2) is 8.65. The number of hydrogen-bond donors (Lipinski definition) is 1. The Hall–Kier alpha value is -1.62. The van der Waals surface area contributed by atoms with Gasteiger partial charge in [-0.25, -0.2) is 4.39 Å². The molecule has 6 heteroatoms. The predicted octanol–water partition coefficient (Wildman–Crippen LogP) is 4.39. The van der Waals surface area contributed by atoms with Crippen molar-refractivity contribution in [2.45, 2.75) is 18.9 Å². The first-order chi connectivity index (χ1) is 11.6. The topological polar surface area (TPSA) is 32.3 Å². The molecule has 1 N–H and O–H groups in total. The summed E-state index contributed by atoms with van der Waals surface area (Å²) in [6, 6.07) is 12.2. The zero-order chi connectivity index (χ0) is 17.1. The summed E-state index contributed by atoms with van der Waals surface area (Å²) in [6.45, 7) is 1.29. The number of hydrogen-bond acceptors (Lipinski definition) is 2. The second-order valence-corrected chi connectivity index (χ2v) is 6.52. The summed E-state index contributed by atoms with van der Waals surface area (Å²) >= 11 is 5.88. The average molecular weight is 383 g/mol. The van der Waals surface area contributed by atoms with Crippen molar-refractivity contribution in [1.29, 1.82) is 0 Å². The molecule has 0 aromatic heterocycles. The molecule has 1 saturated heterocycles. The maximum absolute atomic E-state index is 14.5. The standard InChI is InChI=1S/C19H20ClFN2O.ClH/c1-22-16-3-2-10-23(12-16)19(24)17-9-6-14(11-18(17)21)13-4-7-15(20)8-5-13;/h4-9,11,16,22H,2-3,10,12H2,1H3;1H. The monoisotopic (exact) mass is 382 g/mol. The molecule has 0 radical (unpaired) electrons. The third kappa shape index (κ3) is 4.51. The molecule has 1 heterocycles. The van der Waals surface area contributed by atoms with E-state index in [9.17, 15) is 9.18 Å². The summed E-state index contributed by atoms with van der Waals surface area (Å²) in [6.07, 6.45) is 1.97. The highest BCUT2D eigenvalue weighted by molar-refractivity contribution is 6.30. The first-order valence-electron chi connectivity index (χ1n) is 8.10. The van der Waals surface area contributed by atoms with Gasteiger partial charge in [0, 0.05) is 24.2 Å². The number of carbonyl (C=O) groups excluding carboxylic acids is 1. The Bertz CT molecular complexity index is 737. The van der Waals surface area contributed by atoms with Crippen LogP contribution in [0.15, 0.2) is 42.5 Å². The van der Waals surface area contributed by atoms with E-state index in [1.54, 1.807) is 29.2 Å². The number of likely N-dealkylation sites (tertiary alicyclic amines) is 1. The van der Waals surface area contributed by atoms with Gasteiger partial charge in [-0.3, -0.25) is 4.79 Å². The Morgan fingerprint density at radius 3 is 2.52 bits per heavy atom. The van der Waals surface area contributed by atoms with Crippen LogP contribution in [0.3, 0.4) is 0 Å². The van der Waals surface area contributed by atoms with Gasteiger partial charge < -0.3 is 10.2 Å². The number of benzene rings is 2. The highest BCUT2D eigenvalue weighted by Gasteiger charge is 2.25. The molecule has 1 unspecified atom stereocenters. The maximum Gasteiger partial charge on any atom is 0.256 e. The van der Waals surface area contributed by atoms with Gasteiger partial charge in [0.2, 0.25) is 0 Å². The van der Waals surface area contributed by atoms with E-state index in [1.165, 1.54) is 6.07 Å². The van der Waals surface area contributed by atoms with E-state index in [0.717, 1.165) is 24.0 Å². The van der Waals surface area contributed by atoms with Crippen molar-refractivity contribution in [2.24, 2.45) is 0 Å². The minimum absolute atomic E-state index is 0. The normalized spacial score (nSPS) is 17.1. The lowest BCUT2D eigenvalue weighted by Gasteiger charge is -2.32. The number of halogens is 3. The van der Waals surface area contributed by atoms with Gasteiger partial charge in [0.05, 0.1) is 5.56 Å². The number of rotatable bonds is 3. The molecule has 0 spiro atoms. The molecular formula is C19H21Cl2FN2O. The van der Waals surface area contributed by atoms with Gasteiger partial charge >= 0.3 is 0 Å². The van der Waals surface area contributed by atoms with Gasteiger partial charge in [-0.1, -0.05) is 29.8 Å². The van der Waals surface area contributed by atoms with Gasteiger partial charge in [-0.2, -0.15) is 0 Å². The second-order valence-electron chi connectivity index (χ2n) is 6.08. The fourth-order valence-corrected chi connectivity index (χ4v) is 3.20. The molecule has 1 amide bonds.